The van der Waals surface area contributed by atoms with Crippen LogP contribution in [0.2, 0.25) is 0 Å². The number of hydrogen-bond acceptors (Lipinski definition) is 5. The standard InChI is InChI=1S/C22H30F2N6O/c1-13(2)20-21(31)28-19-14(3)27-18(7-17(19)29(20)4)25-9-16-10-26-30(12-16)11-15-5-6-22(23,24)8-15/h7,10,12-13,15,20H,5-6,8-9,11H2,1-4H3,(H,25,27)(H,28,31)/t15-,20?/m1/s1. The Kier molecular flexibility index (Phi) is 5.61. The summed E-state index contributed by atoms with van der Waals surface area (Å²) in [6.45, 7) is 6.98. The van der Waals surface area contributed by atoms with Crippen molar-refractivity contribution in [2.75, 3.05) is 22.6 Å². The molecule has 1 aliphatic carbocycles. The van der Waals surface area contributed by atoms with E-state index in [9.17, 15) is 13.6 Å². The van der Waals surface area contributed by atoms with Crippen molar-refractivity contribution in [2.45, 2.75) is 65.1 Å². The highest BCUT2D eigenvalue weighted by Crippen LogP contribution is 2.39. The first-order valence-corrected chi connectivity index (χ1v) is 10.8. The Morgan fingerprint density at radius 3 is 2.84 bits per heavy atom. The van der Waals surface area contributed by atoms with Crippen LogP contribution in [0.25, 0.3) is 0 Å². The first-order valence-electron chi connectivity index (χ1n) is 10.8. The van der Waals surface area contributed by atoms with E-state index in [-0.39, 0.29) is 36.6 Å². The van der Waals surface area contributed by atoms with Crippen LogP contribution in [0.15, 0.2) is 18.5 Å². The number of fused-ring (bicyclic) bond motifs is 1. The van der Waals surface area contributed by atoms with Crippen LogP contribution >= 0.6 is 0 Å². The van der Waals surface area contributed by atoms with E-state index in [4.69, 9.17) is 0 Å². The number of carbonyl (C=O) groups is 1. The molecule has 0 radical (unpaired) electrons. The van der Waals surface area contributed by atoms with E-state index in [2.05, 4.69) is 20.7 Å². The van der Waals surface area contributed by atoms with Crippen LogP contribution in [0.4, 0.5) is 26.0 Å². The van der Waals surface area contributed by atoms with Crippen molar-refractivity contribution in [3.8, 4) is 0 Å². The van der Waals surface area contributed by atoms with Gasteiger partial charge in [-0.2, -0.15) is 5.10 Å². The monoisotopic (exact) mass is 432 g/mol. The number of amides is 1. The third-order valence-electron chi connectivity index (χ3n) is 6.24. The van der Waals surface area contributed by atoms with Crippen LogP contribution in [0.1, 0.15) is 44.4 Å². The minimum Gasteiger partial charge on any atom is -0.366 e. The molecular weight excluding hydrogens is 402 g/mol. The van der Waals surface area contributed by atoms with E-state index >= 15 is 0 Å². The molecule has 2 aliphatic rings. The average Bonchev–Trinajstić information content (AvgIpc) is 3.26. The maximum Gasteiger partial charge on any atom is 0.248 e. The molecule has 2 aromatic heterocycles. The van der Waals surface area contributed by atoms with Gasteiger partial charge in [0.15, 0.2) is 0 Å². The largest absolute Gasteiger partial charge is 0.366 e. The Balaban J connectivity index is 1.43. The second-order valence-electron chi connectivity index (χ2n) is 9.16. The van der Waals surface area contributed by atoms with E-state index in [1.54, 1.807) is 10.9 Å². The van der Waals surface area contributed by atoms with Crippen molar-refractivity contribution < 1.29 is 13.6 Å². The third kappa shape index (κ3) is 4.50. The quantitative estimate of drug-likeness (QED) is 0.720. The van der Waals surface area contributed by atoms with E-state index in [0.29, 0.717) is 25.3 Å². The molecule has 2 aromatic rings. The number of nitrogens with one attached hydrogen (secondary N) is 2. The number of hydrogen-bond donors (Lipinski definition) is 2. The van der Waals surface area contributed by atoms with Gasteiger partial charge in [0, 0.05) is 50.8 Å². The number of anilines is 3. The molecule has 0 spiro atoms. The molecule has 0 bridgehead atoms. The van der Waals surface area contributed by atoms with Crippen LogP contribution in [0.5, 0.6) is 0 Å². The molecular formula is C22H30F2N6O. The Morgan fingerprint density at radius 1 is 1.39 bits per heavy atom. The number of aromatic nitrogens is 3. The van der Waals surface area contributed by atoms with Gasteiger partial charge in [-0.25, -0.2) is 13.8 Å². The molecule has 9 heteroatoms. The Morgan fingerprint density at radius 2 is 2.16 bits per heavy atom. The lowest BCUT2D eigenvalue weighted by atomic mass is 9.98. The molecule has 4 rings (SSSR count). The summed E-state index contributed by atoms with van der Waals surface area (Å²) < 4.78 is 28.6. The summed E-state index contributed by atoms with van der Waals surface area (Å²) in [6, 6.07) is 1.71. The number of halogens is 2. The lowest BCUT2D eigenvalue weighted by Gasteiger charge is -2.38. The van der Waals surface area contributed by atoms with Gasteiger partial charge < -0.3 is 15.5 Å². The number of pyridine rings is 1. The minimum absolute atomic E-state index is 0.0111. The van der Waals surface area contributed by atoms with Gasteiger partial charge in [-0.3, -0.25) is 9.48 Å². The average molecular weight is 433 g/mol. The van der Waals surface area contributed by atoms with Crippen LogP contribution in [0, 0.1) is 18.8 Å². The van der Waals surface area contributed by atoms with E-state index in [1.165, 1.54) is 0 Å². The van der Waals surface area contributed by atoms with Gasteiger partial charge in [0.05, 0.1) is 23.3 Å². The molecule has 7 nitrogen and oxygen atoms in total. The van der Waals surface area contributed by atoms with E-state index < -0.39 is 5.92 Å². The number of nitrogens with zero attached hydrogens (tertiary/aromatic N) is 4. The topological polar surface area (TPSA) is 75.1 Å². The summed E-state index contributed by atoms with van der Waals surface area (Å²) in [5, 5.41) is 10.7. The number of aryl methyl sites for hydroxylation is 1. The number of alkyl halides is 2. The summed E-state index contributed by atoms with van der Waals surface area (Å²) in [6.07, 6.45) is 4.12. The van der Waals surface area contributed by atoms with Gasteiger partial charge in [0.1, 0.15) is 11.9 Å². The first-order chi connectivity index (χ1) is 14.6. The number of likely N-dealkylation sites (N-methyl/N-ethyl adjacent to an activating group) is 1. The van der Waals surface area contributed by atoms with Crippen molar-refractivity contribution in [1.29, 1.82) is 0 Å². The molecule has 1 fully saturated rings. The fourth-order valence-electron chi connectivity index (χ4n) is 4.70. The fraction of sp³-hybridized carbons (Fsp3) is 0.591. The first kappa shape index (κ1) is 21.5. The lowest BCUT2D eigenvalue weighted by Crippen LogP contribution is -2.49. The molecule has 1 amide bonds. The summed E-state index contributed by atoms with van der Waals surface area (Å²) >= 11 is 0. The van der Waals surface area contributed by atoms with Gasteiger partial charge in [-0.15, -0.1) is 0 Å². The van der Waals surface area contributed by atoms with Gasteiger partial charge in [0.2, 0.25) is 11.8 Å². The molecule has 0 aromatic carbocycles. The highest BCUT2D eigenvalue weighted by atomic mass is 19.3. The van der Waals surface area contributed by atoms with Gasteiger partial charge in [0.25, 0.3) is 0 Å². The van der Waals surface area contributed by atoms with Gasteiger partial charge in [-0.1, -0.05) is 13.8 Å². The predicted octanol–water partition coefficient (Wildman–Crippen LogP) is 4.05. The molecule has 168 valence electrons. The van der Waals surface area contributed by atoms with Crippen molar-refractivity contribution in [3.63, 3.8) is 0 Å². The van der Waals surface area contributed by atoms with Crippen LogP contribution < -0.4 is 15.5 Å². The highest BCUT2D eigenvalue weighted by Gasteiger charge is 2.39. The zero-order chi connectivity index (χ0) is 22.3. The summed E-state index contributed by atoms with van der Waals surface area (Å²) in [5.74, 6) is -1.68. The Labute approximate surface area is 181 Å². The minimum atomic E-state index is -2.53. The van der Waals surface area contributed by atoms with Gasteiger partial charge >= 0.3 is 0 Å². The second kappa shape index (κ2) is 8.09. The zero-order valence-electron chi connectivity index (χ0n) is 18.5. The number of carbonyl (C=O) groups excluding carboxylic acids is 1. The zero-order valence-corrected chi connectivity index (χ0v) is 18.5. The van der Waals surface area contributed by atoms with Crippen molar-refractivity contribution >= 4 is 23.1 Å². The molecule has 2 atom stereocenters. The van der Waals surface area contributed by atoms with E-state index in [0.717, 1.165) is 22.6 Å². The van der Waals surface area contributed by atoms with Crippen molar-refractivity contribution in [1.82, 2.24) is 14.8 Å². The summed E-state index contributed by atoms with van der Waals surface area (Å²) in [5.41, 5.74) is 3.39. The third-order valence-corrected chi connectivity index (χ3v) is 6.24. The van der Waals surface area contributed by atoms with Crippen LogP contribution in [-0.2, 0) is 17.9 Å². The predicted molar refractivity (Wildman–Crippen MR) is 116 cm³/mol. The van der Waals surface area contributed by atoms with Gasteiger partial charge in [-0.05, 0) is 25.2 Å². The summed E-state index contributed by atoms with van der Waals surface area (Å²) in [4.78, 5) is 19.1. The summed E-state index contributed by atoms with van der Waals surface area (Å²) in [7, 11) is 1.93. The Bertz CT molecular complexity index is 973. The molecule has 0 saturated heterocycles. The van der Waals surface area contributed by atoms with Crippen LogP contribution in [-0.4, -0.2) is 39.7 Å². The molecule has 1 unspecified atom stereocenters. The normalized spacial score (nSPS) is 22.5. The molecule has 1 saturated carbocycles. The molecule has 1 aliphatic heterocycles. The van der Waals surface area contributed by atoms with Crippen molar-refractivity contribution in [3.05, 3.63) is 29.7 Å². The molecule has 2 N–H and O–H groups in total. The highest BCUT2D eigenvalue weighted by molar-refractivity contribution is 6.04. The second-order valence-corrected chi connectivity index (χ2v) is 9.16. The maximum absolute atomic E-state index is 13.4. The van der Waals surface area contributed by atoms with Crippen molar-refractivity contribution in [2.24, 2.45) is 11.8 Å². The molecule has 31 heavy (non-hydrogen) atoms. The van der Waals surface area contributed by atoms with E-state index in [1.807, 2.05) is 45.0 Å². The SMILES string of the molecule is Cc1nc(NCc2cnn(C[C@@H]3CCC(F)(F)C3)c2)cc2c1NC(=O)C(C(C)C)N2C. The smallest absolute Gasteiger partial charge is 0.248 e. The lowest BCUT2D eigenvalue weighted by molar-refractivity contribution is -0.118. The fourth-order valence-corrected chi connectivity index (χ4v) is 4.70. The Hall–Kier alpha value is -2.71. The number of rotatable bonds is 6. The van der Waals surface area contributed by atoms with Crippen LogP contribution in [0.3, 0.4) is 0 Å². The maximum atomic E-state index is 13.4. The molecule has 3 heterocycles.